The van der Waals surface area contributed by atoms with Gasteiger partial charge in [-0.3, -0.25) is 10.1 Å². The predicted molar refractivity (Wildman–Crippen MR) is 47.5 cm³/mol. The van der Waals surface area contributed by atoms with Crippen LogP contribution < -0.4 is 0 Å². The quantitative estimate of drug-likeness (QED) is 0.457. The summed E-state index contributed by atoms with van der Waals surface area (Å²) >= 11 is 0. The largest absolute Gasteiger partial charge is 0.259 e. The molecule has 1 unspecified atom stereocenters. The van der Waals surface area contributed by atoms with E-state index in [1.165, 1.54) is 31.9 Å². The number of rotatable bonds is 1. The first kappa shape index (κ1) is 7.54. The first-order chi connectivity index (χ1) is 6.25. The van der Waals surface area contributed by atoms with Gasteiger partial charge in [0.15, 0.2) is 0 Å². The van der Waals surface area contributed by atoms with Crippen molar-refractivity contribution in [2.75, 3.05) is 0 Å². The molecule has 0 aromatic carbocycles. The number of fused-ring (bicyclic) bond motifs is 1. The Balaban J connectivity index is 1.90. The average molecular weight is 179 g/mol. The number of nitrogens with zero attached hydrogens (tertiary/aromatic N) is 1. The Morgan fingerprint density at radius 1 is 1.31 bits per heavy atom. The first-order valence-electron chi connectivity index (χ1n) is 5.11. The van der Waals surface area contributed by atoms with Gasteiger partial charge in [-0.15, -0.1) is 0 Å². The lowest BCUT2D eigenvalue weighted by Gasteiger charge is -2.43. The van der Waals surface area contributed by atoms with Crippen molar-refractivity contribution in [2.45, 2.75) is 25.7 Å². The van der Waals surface area contributed by atoms with Crippen LogP contribution in [-0.2, 0) is 0 Å². The van der Waals surface area contributed by atoms with E-state index in [0.29, 0.717) is 11.8 Å². The Bertz CT molecular complexity index is 289. The number of hydrogen-bond acceptors (Lipinski definition) is 2. The third kappa shape index (κ3) is 0.901. The van der Waals surface area contributed by atoms with E-state index in [1.807, 2.05) is 0 Å². The average Bonchev–Trinajstić information content (AvgIpc) is 2.26. The normalized spacial score (nSPS) is 49.1. The Hall–Kier alpha value is -0.860. The molecule has 3 aliphatic carbocycles. The van der Waals surface area contributed by atoms with Crippen LogP contribution in [0.5, 0.6) is 0 Å². The minimum atomic E-state index is -0.267. The number of allylic oxidation sites excluding steroid dienone is 1. The first-order valence-corrected chi connectivity index (χ1v) is 5.11. The Morgan fingerprint density at radius 2 is 2.15 bits per heavy atom. The summed E-state index contributed by atoms with van der Waals surface area (Å²) in [5, 5.41) is 10.4. The topological polar surface area (TPSA) is 43.1 Å². The lowest BCUT2D eigenvalue weighted by Crippen LogP contribution is -2.37. The van der Waals surface area contributed by atoms with E-state index in [4.69, 9.17) is 0 Å². The Labute approximate surface area is 77.0 Å². The Kier molecular flexibility index (Phi) is 1.35. The second-order valence-corrected chi connectivity index (χ2v) is 4.71. The summed E-state index contributed by atoms with van der Waals surface area (Å²) < 4.78 is 0. The molecule has 3 aliphatic rings. The summed E-state index contributed by atoms with van der Waals surface area (Å²) in [4.78, 5) is 10.1. The second kappa shape index (κ2) is 2.34. The standard InChI is InChI=1S/C10H13NO2/c12-11(13)5-10-7-2-1-6-3-8(7)9(10)4-6/h5-9H,1-4H2/t6-,7?,8-,9-/m0/s1. The van der Waals surface area contributed by atoms with Crippen molar-refractivity contribution in [1.82, 2.24) is 0 Å². The van der Waals surface area contributed by atoms with Crippen LogP contribution in [0.3, 0.4) is 0 Å². The van der Waals surface area contributed by atoms with Crippen LogP contribution in [-0.4, -0.2) is 4.92 Å². The second-order valence-electron chi connectivity index (χ2n) is 4.71. The van der Waals surface area contributed by atoms with Gasteiger partial charge >= 0.3 is 0 Å². The molecule has 0 heterocycles. The Morgan fingerprint density at radius 3 is 2.92 bits per heavy atom. The highest BCUT2D eigenvalue weighted by atomic mass is 16.6. The van der Waals surface area contributed by atoms with Crippen LogP contribution in [0.15, 0.2) is 11.8 Å². The third-order valence-electron chi connectivity index (χ3n) is 4.22. The highest BCUT2D eigenvalue weighted by molar-refractivity contribution is 5.26. The molecular weight excluding hydrogens is 166 g/mol. The van der Waals surface area contributed by atoms with Gasteiger partial charge in [0, 0.05) is 5.57 Å². The van der Waals surface area contributed by atoms with Gasteiger partial charge in [-0.25, -0.2) is 0 Å². The predicted octanol–water partition coefficient (Wildman–Crippen LogP) is 2.21. The molecule has 3 fully saturated rings. The zero-order valence-electron chi connectivity index (χ0n) is 7.48. The van der Waals surface area contributed by atoms with Crippen LogP contribution in [0.25, 0.3) is 0 Å². The van der Waals surface area contributed by atoms with Gasteiger partial charge in [0.25, 0.3) is 0 Å². The molecule has 0 aromatic rings. The van der Waals surface area contributed by atoms with Gasteiger partial charge in [0.05, 0.1) is 4.92 Å². The maximum atomic E-state index is 10.4. The van der Waals surface area contributed by atoms with Crippen LogP contribution in [0.2, 0.25) is 0 Å². The fraction of sp³-hybridized carbons (Fsp3) is 0.800. The molecule has 70 valence electrons. The molecule has 13 heavy (non-hydrogen) atoms. The zero-order chi connectivity index (χ0) is 9.00. The number of hydrogen-bond donors (Lipinski definition) is 0. The van der Waals surface area contributed by atoms with Crippen LogP contribution in [0, 0.1) is 33.8 Å². The van der Waals surface area contributed by atoms with Gasteiger partial charge in [-0.2, -0.15) is 0 Å². The molecule has 3 saturated carbocycles. The molecule has 3 nitrogen and oxygen atoms in total. The van der Waals surface area contributed by atoms with Crippen molar-refractivity contribution < 1.29 is 4.92 Å². The third-order valence-corrected chi connectivity index (χ3v) is 4.22. The van der Waals surface area contributed by atoms with Crippen molar-refractivity contribution in [2.24, 2.45) is 23.7 Å². The van der Waals surface area contributed by atoms with E-state index in [1.54, 1.807) is 0 Å². The van der Waals surface area contributed by atoms with Crippen LogP contribution in [0.4, 0.5) is 0 Å². The minimum absolute atomic E-state index is 0.267. The summed E-state index contributed by atoms with van der Waals surface area (Å²) in [5.74, 6) is 2.91. The lowest BCUT2D eigenvalue weighted by atomic mass is 9.60. The van der Waals surface area contributed by atoms with E-state index in [9.17, 15) is 10.1 Å². The molecule has 2 bridgehead atoms. The summed E-state index contributed by atoms with van der Waals surface area (Å²) in [6, 6.07) is 0. The SMILES string of the molecule is O=[N+]([O-])C=C1C2CC[C@@H]3C[C@H]1[C@H]2C3. The van der Waals surface area contributed by atoms with E-state index in [-0.39, 0.29) is 4.92 Å². The highest BCUT2D eigenvalue weighted by Crippen LogP contribution is 2.63. The maximum absolute atomic E-state index is 10.4. The van der Waals surface area contributed by atoms with Crippen molar-refractivity contribution in [3.8, 4) is 0 Å². The monoisotopic (exact) mass is 179 g/mol. The smallest absolute Gasteiger partial charge is 0.234 e. The summed E-state index contributed by atoms with van der Waals surface area (Å²) in [5.41, 5.74) is 1.16. The van der Waals surface area contributed by atoms with Crippen LogP contribution in [0.1, 0.15) is 25.7 Å². The molecule has 0 aliphatic heterocycles. The molecule has 0 N–H and O–H groups in total. The highest BCUT2D eigenvalue weighted by Gasteiger charge is 2.55. The molecule has 3 heteroatoms. The van der Waals surface area contributed by atoms with Gasteiger partial charge in [-0.1, -0.05) is 0 Å². The van der Waals surface area contributed by atoms with Crippen molar-refractivity contribution in [3.63, 3.8) is 0 Å². The molecule has 4 atom stereocenters. The maximum Gasteiger partial charge on any atom is 0.234 e. The fourth-order valence-electron chi connectivity index (χ4n) is 3.76. The van der Waals surface area contributed by atoms with Crippen LogP contribution >= 0.6 is 0 Å². The van der Waals surface area contributed by atoms with E-state index < -0.39 is 0 Å². The number of nitro groups is 1. The van der Waals surface area contributed by atoms with E-state index >= 15 is 0 Å². The summed E-state index contributed by atoms with van der Waals surface area (Å²) in [6.07, 6.45) is 6.41. The molecular formula is C10H13NO2. The molecule has 0 amide bonds. The van der Waals surface area contributed by atoms with E-state index in [2.05, 4.69) is 0 Å². The van der Waals surface area contributed by atoms with Crippen molar-refractivity contribution in [1.29, 1.82) is 0 Å². The zero-order valence-corrected chi connectivity index (χ0v) is 7.48. The van der Waals surface area contributed by atoms with Gasteiger partial charge in [0.1, 0.15) is 0 Å². The van der Waals surface area contributed by atoms with E-state index in [0.717, 1.165) is 17.4 Å². The van der Waals surface area contributed by atoms with Gasteiger partial charge < -0.3 is 0 Å². The summed E-state index contributed by atoms with van der Waals surface area (Å²) in [6.45, 7) is 0. The summed E-state index contributed by atoms with van der Waals surface area (Å²) in [7, 11) is 0. The van der Waals surface area contributed by atoms with Crippen molar-refractivity contribution >= 4 is 0 Å². The molecule has 0 aromatic heterocycles. The molecule has 0 saturated heterocycles. The van der Waals surface area contributed by atoms with Gasteiger partial charge in [0.2, 0.25) is 6.20 Å². The fourth-order valence-corrected chi connectivity index (χ4v) is 3.76. The molecule has 0 radical (unpaired) electrons. The van der Waals surface area contributed by atoms with Gasteiger partial charge in [-0.05, 0) is 49.4 Å². The lowest BCUT2D eigenvalue weighted by molar-refractivity contribution is -0.405. The molecule has 0 spiro atoms. The van der Waals surface area contributed by atoms with Crippen molar-refractivity contribution in [3.05, 3.63) is 21.9 Å². The minimum Gasteiger partial charge on any atom is -0.259 e. The molecule has 3 rings (SSSR count).